The quantitative estimate of drug-likeness (QED) is 0.342. The van der Waals surface area contributed by atoms with Crippen LogP contribution < -0.4 is 4.74 Å². The molecule has 0 aliphatic carbocycles. The average molecular weight is 432 g/mol. The fraction of sp³-hybridized carbons (Fsp3) is 0.120. The maximum absolute atomic E-state index is 13.0. The van der Waals surface area contributed by atoms with Gasteiger partial charge in [-0.15, -0.1) is 0 Å². The first-order chi connectivity index (χ1) is 14.6. The standard InChI is InChI=1S/C25H21NO2S2/c1-18(21-12-6-3-7-13-21)26-24(27)23(30-25(26)29)16-20-11-8-14-22(15-20)28-17-19-9-4-2-5-10-19/h2-16,18H,17H2,1H3/b23-16-/t18-/m1/s1. The van der Waals surface area contributed by atoms with Gasteiger partial charge in [-0.1, -0.05) is 96.8 Å². The van der Waals surface area contributed by atoms with Crippen LogP contribution in [-0.2, 0) is 11.4 Å². The van der Waals surface area contributed by atoms with Crippen molar-refractivity contribution >= 4 is 40.3 Å². The molecule has 0 spiro atoms. The second-order valence-electron chi connectivity index (χ2n) is 6.99. The highest BCUT2D eigenvalue weighted by Gasteiger charge is 2.35. The molecule has 0 unspecified atom stereocenters. The Morgan fingerprint density at radius 3 is 2.43 bits per heavy atom. The summed E-state index contributed by atoms with van der Waals surface area (Å²) in [6.45, 7) is 2.50. The zero-order valence-electron chi connectivity index (χ0n) is 16.5. The van der Waals surface area contributed by atoms with Crippen LogP contribution in [0.3, 0.4) is 0 Å². The molecule has 1 fully saturated rings. The maximum Gasteiger partial charge on any atom is 0.266 e. The van der Waals surface area contributed by atoms with Gasteiger partial charge in [0.1, 0.15) is 16.7 Å². The fourth-order valence-electron chi connectivity index (χ4n) is 3.28. The van der Waals surface area contributed by atoms with Crippen molar-refractivity contribution in [1.29, 1.82) is 0 Å². The molecule has 0 radical (unpaired) electrons. The molecule has 0 bridgehead atoms. The van der Waals surface area contributed by atoms with E-state index >= 15 is 0 Å². The number of rotatable bonds is 6. The minimum Gasteiger partial charge on any atom is -0.489 e. The molecule has 1 atom stereocenters. The highest BCUT2D eigenvalue weighted by atomic mass is 32.2. The zero-order chi connectivity index (χ0) is 20.9. The summed E-state index contributed by atoms with van der Waals surface area (Å²) in [6, 6.07) is 27.6. The zero-order valence-corrected chi connectivity index (χ0v) is 18.2. The molecule has 3 nitrogen and oxygen atoms in total. The van der Waals surface area contributed by atoms with Gasteiger partial charge in [-0.25, -0.2) is 0 Å². The molecule has 1 aliphatic heterocycles. The Labute approximate surface area is 186 Å². The topological polar surface area (TPSA) is 29.5 Å². The Morgan fingerprint density at radius 2 is 1.70 bits per heavy atom. The lowest BCUT2D eigenvalue weighted by Crippen LogP contribution is -2.30. The lowest BCUT2D eigenvalue weighted by molar-refractivity contribution is -0.123. The van der Waals surface area contributed by atoms with Crippen molar-refractivity contribution in [2.24, 2.45) is 0 Å². The van der Waals surface area contributed by atoms with E-state index in [0.717, 1.165) is 22.4 Å². The van der Waals surface area contributed by atoms with Gasteiger partial charge >= 0.3 is 0 Å². The van der Waals surface area contributed by atoms with E-state index in [1.807, 2.05) is 97.9 Å². The predicted octanol–water partition coefficient (Wildman–Crippen LogP) is 6.23. The molecule has 4 rings (SSSR count). The summed E-state index contributed by atoms with van der Waals surface area (Å²) in [5, 5.41) is 0. The third-order valence-corrected chi connectivity index (χ3v) is 6.23. The summed E-state index contributed by atoms with van der Waals surface area (Å²) in [4.78, 5) is 15.4. The van der Waals surface area contributed by atoms with Crippen LogP contribution in [0.1, 0.15) is 29.7 Å². The first kappa shape index (κ1) is 20.4. The van der Waals surface area contributed by atoms with Crippen molar-refractivity contribution in [1.82, 2.24) is 4.90 Å². The van der Waals surface area contributed by atoms with E-state index < -0.39 is 0 Å². The van der Waals surface area contributed by atoms with E-state index in [2.05, 4.69) is 0 Å². The van der Waals surface area contributed by atoms with E-state index in [4.69, 9.17) is 17.0 Å². The van der Waals surface area contributed by atoms with E-state index in [1.54, 1.807) is 4.90 Å². The molecule has 5 heteroatoms. The molecular formula is C25H21NO2S2. The summed E-state index contributed by atoms with van der Waals surface area (Å²) in [7, 11) is 0. The smallest absolute Gasteiger partial charge is 0.266 e. The van der Waals surface area contributed by atoms with Crippen LogP contribution in [0.4, 0.5) is 0 Å². The number of thiocarbonyl (C=S) groups is 1. The molecule has 1 saturated heterocycles. The first-order valence-corrected chi connectivity index (χ1v) is 10.9. The second-order valence-corrected chi connectivity index (χ2v) is 8.66. The number of ether oxygens (including phenoxy) is 1. The Hall–Kier alpha value is -2.89. The number of amides is 1. The normalized spacial score (nSPS) is 16.2. The van der Waals surface area contributed by atoms with E-state index in [0.29, 0.717) is 15.8 Å². The van der Waals surface area contributed by atoms with Crippen molar-refractivity contribution in [3.63, 3.8) is 0 Å². The van der Waals surface area contributed by atoms with Gasteiger partial charge in [0.25, 0.3) is 5.91 Å². The van der Waals surface area contributed by atoms with Crippen LogP contribution >= 0.6 is 24.0 Å². The van der Waals surface area contributed by atoms with Crippen molar-refractivity contribution < 1.29 is 9.53 Å². The number of carbonyl (C=O) groups excluding carboxylic acids is 1. The van der Waals surface area contributed by atoms with Gasteiger partial charge in [-0.05, 0) is 41.8 Å². The molecule has 1 amide bonds. The van der Waals surface area contributed by atoms with Gasteiger partial charge < -0.3 is 4.74 Å². The first-order valence-electron chi connectivity index (χ1n) is 9.70. The Balaban J connectivity index is 1.49. The van der Waals surface area contributed by atoms with Gasteiger partial charge in [-0.2, -0.15) is 0 Å². The molecule has 30 heavy (non-hydrogen) atoms. The van der Waals surface area contributed by atoms with Crippen molar-refractivity contribution in [3.05, 3.63) is 107 Å². The van der Waals surface area contributed by atoms with Crippen LogP contribution in [0, 0.1) is 0 Å². The number of benzene rings is 3. The van der Waals surface area contributed by atoms with Gasteiger partial charge in [-0.3, -0.25) is 9.69 Å². The van der Waals surface area contributed by atoms with Crippen molar-refractivity contribution in [2.45, 2.75) is 19.6 Å². The highest BCUT2D eigenvalue weighted by Crippen LogP contribution is 2.38. The summed E-state index contributed by atoms with van der Waals surface area (Å²) >= 11 is 6.85. The minimum atomic E-state index is -0.106. The van der Waals surface area contributed by atoms with Gasteiger partial charge in [0.05, 0.1) is 10.9 Å². The summed E-state index contributed by atoms with van der Waals surface area (Å²) in [5.41, 5.74) is 3.08. The Kier molecular flexibility index (Phi) is 6.31. The SMILES string of the molecule is C[C@H](c1ccccc1)N1C(=O)/C(=C/c2cccc(OCc3ccccc3)c2)SC1=S. The number of hydrogen-bond acceptors (Lipinski definition) is 4. The van der Waals surface area contributed by atoms with Crippen LogP contribution in [0.15, 0.2) is 89.8 Å². The number of nitrogens with zero attached hydrogens (tertiary/aromatic N) is 1. The third-order valence-electron chi connectivity index (χ3n) is 4.90. The largest absolute Gasteiger partial charge is 0.489 e. The molecule has 150 valence electrons. The monoisotopic (exact) mass is 431 g/mol. The van der Waals surface area contributed by atoms with Crippen molar-refractivity contribution in [3.8, 4) is 5.75 Å². The number of hydrogen-bond donors (Lipinski definition) is 0. The van der Waals surface area contributed by atoms with E-state index in [1.165, 1.54) is 11.8 Å². The van der Waals surface area contributed by atoms with Gasteiger partial charge in [0, 0.05) is 0 Å². The molecule has 1 aliphatic rings. The summed E-state index contributed by atoms with van der Waals surface area (Å²) < 4.78 is 6.49. The molecule has 1 heterocycles. The van der Waals surface area contributed by atoms with E-state index in [9.17, 15) is 4.79 Å². The fourth-order valence-corrected chi connectivity index (χ4v) is 4.70. The van der Waals surface area contributed by atoms with Crippen LogP contribution in [0.25, 0.3) is 6.08 Å². The molecule has 0 saturated carbocycles. The predicted molar refractivity (Wildman–Crippen MR) is 127 cm³/mol. The third kappa shape index (κ3) is 4.64. The molecule has 3 aromatic carbocycles. The Morgan fingerprint density at radius 1 is 1.00 bits per heavy atom. The Bertz CT molecular complexity index is 1080. The van der Waals surface area contributed by atoms with Crippen LogP contribution in [0.2, 0.25) is 0 Å². The van der Waals surface area contributed by atoms with Gasteiger partial charge in [0.2, 0.25) is 0 Å². The number of carbonyl (C=O) groups is 1. The lowest BCUT2D eigenvalue weighted by Gasteiger charge is -2.23. The number of thioether (sulfide) groups is 1. The molecule has 0 N–H and O–H groups in total. The lowest BCUT2D eigenvalue weighted by atomic mass is 10.1. The molecule has 3 aromatic rings. The average Bonchev–Trinajstić information content (AvgIpc) is 3.06. The van der Waals surface area contributed by atoms with E-state index in [-0.39, 0.29) is 11.9 Å². The van der Waals surface area contributed by atoms with Crippen LogP contribution in [0.5, 0.6) is 5.75 Å². The maximum atomic E-state index is 13.0. The summed E-state index contributed by atoms with van der Waals surface area (Å²) in [6.07, 6.45) is 1.88. The highest BCUT2D eigenvalue weighted by molar-refractivity contribution is 8.26. The molecule has 0 aromatic heterocycles. The van der Waals surface area contributed by atoms with Gasteiger partial charge in [0.15, 0.2) is 0 Å². The van der Waals surface area contributed by atoms with Crippen molar-refractivity contribution in [2.75, 3.05) is 0 Å². The summed E-state index contributed by atoms with van der Waals surface area (Å²) in [5.74, 6) is 0.706. The second kappa shape index (κ2) is 9.28. The van der Waals surface area contributed by atoms with Crippen LogP contribution in [-0.4, -0.2) is 15.1 Å². The molecular weight excluding hydrogens is 410 g/mol. The minimum absolute atomic E-state index is 0.0584.